The predicted molar refractivity (Wildman–Crippen MR) is 98.2 cm³/mol. The van der Waals surface area contributed by atoms with Crippen LogP contribution in [0.15, 0.2) is 72.8 Å². The number of nitrogens with zero attached hydrogens (tertiary/aromatic N) is 3. The number of aromatic carboxylic acids is 1. The van der Waals surface area contributed by atoms with E-state index in [1.807, 2.05) is 41.0 Å². The van der Waals surface area contributed by atoms with E-state index in [1.165, 1.54) is 0 Å². The van der Waals surface area contributed by atoms with Crippen LogP contribution < -0.4 is 0 Å². The van der Waals surface area contributed by atoms with Gasteiger partial charge in [0.2, 0.25) is 0 Å². The maximum atomic E-state index is 11.7. The largest absolute Gasteiger partial charge is 0.478 e. The van der Waals surface area contributed by atoms with Gasteiger partial charge in [-0.15, -0.1) is 0 Å². The number of carboxylic acids is 1. The first-order valence-corrected chi connectivity index (χ1v) is 8.00. The van der Waals surface area contributed by atoms with Crippen molar-refractivity contribution in [3.8, 4) is 23.1 Å². The standard InChI is InChI=1S/C21H13N3O2/c22-13-14-10-11-19-18(12-14)23-20(24(19)15-6-2-1-3-7-15)16-8-4-5-9-17(16)21(25)26/h1-12H,(H,25,26). The third kappa shape index (κ3) is 2.50. The molecule has 0 saturated heterocycles. The number of carboxylic acid groups (broad SMARTS) is 1. The van der Waals surface area contributed by atoms with Crippen molar-refractivity contribution in [3.63, 3.8) is 0 Å². The molecule has 4 aromatic rings. The fraction of sp³-hybridized carbons (Fsp3) is 0. The molecule has 0 fully saturated rings. The van der Waals surface area contributed by atoms with Crippen LogP contribution in [-0.4, -0.2) is 20.6 Å². The maximum Gasteiger partial charge on any atom is 0.336 e. The fourth-order valence-electron chi connectivity index (χ4n) is 3.03. The number of aromatic nitrogens is 2. The number of para-hydroxylation sites is 1. The number of imidazole rings is 1. The lowest BCUT2D eigenvalue weighted by Gasteiger charge is -2.11. The molecular weight excluding hydrogens is 326 g/mol. The van der Waals surface area contributed by atoms with Gasteiger partial charge in [0.05, 0.1) is 28.2 Å². The van der Waals surface area contributed by atoms with Crippen molar-refractivity contribution in [2.45, 2.75) is 0 Å². The Morgan fingerprint density at radius 1 is 1.00 bits per heavy atom. The van der Waals surface area contributed by atoms with Gasteiger partial charge in [0.15, 0.2) is 0 Å². The number of fused-ring (bicyclic) bond motifs is 1. The van der Waals surface area contributed by atoms with Crippen LogP contribution >= 0.6 is 0 Å². The van der Waals surface area contributed by atoms with Gasteiger partial charge >= 0.3 is 5.97 Å². The van der Waals surface area contributed by atoms with Gasteiger partial charge in [-0.05, 0) is 36.4 Å². The van der Waals surface area contributed by atoms with E-state index in [0.717, 1.165) is 11.2 Å². The molecule has 0 aliphatic carbocycles. The first-order chi connectivity index (χ1) is 12.7. The average Bonchev–Trinajstić information content (AvgIpc) is 3.07. The van der Waals surface area contributed by atoms with E-state index in [1.54, 1.807) is 36.4 Å². The van der Waals surface area contributed by atoms with E-state index in [-0.39, 0.29) is 5.56 Å². The van der Waals surface area contributed by atoms with Crippen LogP contribution in [0.5, 0.6) is 0 Å². The zero-order valence-electron chi connectivity index (χ0n) is 13.6. The summed E-state index contributed by atoms with van der Waals surface area (Å²) in [6, 6.07) is 23.8. The van der Waals surface area contributed by atoms with Crippen LogP contribution in [-0.2, 0) is 0 Å². The minimum atomic E-state index is -1.01. The Hall–Kier alpha value is -3.91. The van der Waals surface area contributed by atoms with E-state index in [2.05, 4.69) is 11.1 Å². The lowest BCUT2D eigenvalue weighted by Crippen LogP contribution is -2.03. The van der Waals surface area contributed by atoms with E-state index in [4.69, 9.17) is 5.26 Å². The summed E-state index contributed by atoms with van der Waals surface area (Å²) in [5, 5.41) is 18.7. The Labute approximate surface area is 149 Å². The molecule has 0 bridgehead atoms. The molecule has 1 heterocycles. The molecule has 1 N–H and O–H groups in total. The maximum absolute atomic E-state index is 11.7. The topological polar surface area (TPSA) is 78.9 Å². The summed E-state index contributed by atoms with van der Waals surface area (Å²) >= 11 is 0. The van der Waals surface area contributed by atoms with Crippen LogP contribution in [0.4, 0.5) is 0 Å². The number of hydrogen-bond donors (Lipinski definition) is 1. The lowest BCUT2D eigenvalue weighted by atomic mass is 10.1. The van der Waals surface area contributed by atoms with E-state index >= 15 is 0 Å². The first kappa shape index (κ1) is 15.6. The van der Waals surface area contributed by atoms with Gasteiger partial charge < -0.3 is 5.11 Å². The highest BCUT2D eigenvalue weighted by molar-refractivity contribution is 5.96. The van der Waals surface area contributed by atoms with Crippen molar-refractivity contribution >= 4 is 17.0 Å². The summed E-state index contributed by atoms with van der Waals surface area (Å²) in [4.78, 5) is 16.3. The first-order valence-electron chi connectivity index (χ1n) is 8.00. The van der Waals surface area contributed by atoms with Gasteiger partial charge in [-0.25, -0.2) is 9.78 Å². The molecule has 5 heteroatoms. The SMILES string of the molecule is N#Cc1ccc2c(c1)nc(-c1ccccc1C(=O)O)n2-c1ccccc1. The Kier molecular flexibility index (Phi) is 3.71. The van der Waals surface area contributed by atoms with Gasteiger partial charge in [-0.2, -0.15) is 5.26 Å². The molecular formula is C21H13N3O2. The van der Waals surface area contributed by atoms with Crippen LogP contribution in [0.2, 0.25) is 0 Å². The highest BCUT2D eigenvalue weighted by atomic mass is 16.4. The molecule has 26 heavy (non-hydrogen) atoms. The molecule has 0 unspecified atom stereocenters. The normalized spacial score (nSPS) is 10.6. The van der Waals surface area contributed by atoms with Crippen molar-refractivity contribution in [2.75, 3.05) is 0 Å². The molecule has 0 aliphatic rings. The predicted octanol–water partition coefficient (Wildman–Crippen LogP) is 4.26. The van der Waals surface area contributed by atoms with Crippen molar-refractivity contribution in [3.05, 3.63) is 83.9 Å². The van der Waals surface area contributed by atoms with Gasteiger partial charge in [0.1, 0.15) is 5.82 Å². The fourth-order valence-corrected chi connectivity index (χ4v) is 3.03. The number of hydrogen-bond acceptors (Lipinski definition) is 3. The molecule has 0 radical (unpaired) electrons. The Balaban J connectivity index is 2.10. The van der Waals surface area contributed by atoms with Gasteiger partial charge in [0, 0.05) is 11.3 Å². The number of benzene rings is 3. The average molecular weight is 339 g/mol. The van der Waals surface area contributed by atoms with Crippen molar-refractivity contribution in [1.82, 2.24) is 9.55 Å². The van der Waals surface area contributed by atoms with E-state index < -0.39 is 5.97 Å². The van der Waals surface area contributed by atoms with Crippen molar-refractivity contribution in [1.29, 1.82) is 5.26 Å². The Morgan fingerprint density at radius 3 is 2.46 bits per heavy atom. The summed E-state index contributed by atoms with van der Waals surface area (Å²) in [6.07, 6.45) is 0. The Morgan fingerprint density at radius 2 is 1.73 bits per heavy atom. The molecule has 3 aromatic carbocycles. The van der Waals surface area contributed by atoms with Gasteiger partial charge in [-0.1, -0.05) is 36.4 Å². The van der Waals surface area contributed by atoms with E-state index in [0.29, 0.717) is 22.5 Å². The molecule has 5 nitrogen and oxygen atoms in total. The summed E-state index contributed by atoms with van der Waals surface area (Å²) in [5.41, 5.74) is 3.54. The summed E-state index contributed by atoms with van der Waals surface area (Å²) in [6.45, 7) is 0. The van der Waals surface area contributed by atoms with Crippen LogP contribution in [0.25, 0.3) is 28.1 Å². The quantitative estimate of drug-likeness (QED) is 0.605. The van der Waals surface area contributed by atoms with Gasteiger partial charge in [-0.3, -0.25) is 4.57 Å². The third-order valence-corrected chi connectivity index (χ3v) is 4.20. The molecule has 4 rings (SSSR count). The second kappa shape index (κ2) is 6.19. The second-order valence-corrected chi connectivity index (χ2v) is 5.77. The number of rotatable bonds is 3. The van der Waals surface area contributed by atoms with Crippen molar-refractivity contribution in [2.24, 2.45) is 0 Å². The van der Waals surface area contributed by atoms with Gasteiger partial charge in [0.25, 0.3) is 0 Å². The van der Waals surface area contributed by atoms with Crippen molar-refractivity contribution < 1.29 is 9.90 Å². The highest BCUT2D eigenvalue weighted by Crippen LogP contribution is 2.31. The van der Waals surface area contributed by atoms with Crippen LogP contribution in [0.1, 0.15) is 15.9 Å². The molecule has 124 valence electrons. The number of nitriles is 1. The van der Waals surface area contributed by atoms with Crippen LogP contribution in [0.3, 0.4) is 0 Å². The minimum Gasteiger partial charge on any atom is -0.478 e. The molecule has 1 aromatic heterocycles. The van der Waals surface area contributed by atoms with E-state index in [9.17, 15) is 9.90 Å². The zero-order chi connectivity index (χ0) is 18.1. The third-order valence-electron chi connectivity index (χ3n) is 4.20. The Bertz CT molecular complexity index is 1170. The smallest absolute Gasteiger partial charge is 0.336 e. The molecule has 0 atom stereocenters. The molecule has 0 spiro atoms. The van der Waals surface area contributed by atoms with Crippen LogP contribution in [0, 0.1) is 11.3 Å². The summed E-state index contributed by atoms with van der Waals surface area (Å²) in [7, 11) is 0. The summed E-state index contributed by atoms with van der Waals surface area (Å²) < 4.78 is 1.91. The monoisotopic (exact) mass is 339 g/mol. The molecule has 0 aliphatic heterocycles. The second-order valence-electron chi connectivity index (χ2n) is 5.77. The lowest BCUT2D eigenvalue weighted by molar-refractivity contribution is 0.0697. The number of carbonyl (C=O) groups is 1. The molecule has 0 amide bonds. The minimum absolute atomic E-state index is 0.181. The zero-order valence-corrected chi connectivity index (χ0v) is 13.6. The molecule has 0 saturated carbocycles. The highest BCUT2D eigenvalue weighted by Gasteiger charge is 2.19. The summed E-state index contributed by atoms with van der Waals surface area (Å²) in [5.74, 6) is -0.482.